The fourth-order valence-electron chi connectivity index (χ4n) is 4.35. The number of primary amides is 1. The highest BCUT2D eigenvalue weighted by Crippen LogP contribution is 2.19. The number of hydrogen-bond acceptors (Lipinski definition) is 6. The second kappa shape index (κ2) is 15.0. The molecule has 12 nitrogen and oxygen atoms in total. The van der Waals surface area contributed by atoms with Gasteiger partial charge in [-0.2, -0.15) is 0 Å². The number of nitrogens with two attached hydrogens (primary N) is 2. The molecule has 40 heavy (non-hydrogen) atoms. The minimum Gasteiger partial charge on any atom is -0.480 e. The highest BCUT2D eigenvalue weighted by molar-refractivity contribution is 5.94. The number of rotatable bonds is 16. The van der Waals surface area contributed by atoms with Gasteiger partial charge in [-0.3, -0.25) is 19.2 Å². The summed E-state index contributed by atoms with van der Waals surface area (Å²) < 4.78 is 0. The van der Waals surface area contributed by atoms with E-state index in [1.807, 2.05) is 45.0 Å². The van der Waals surface area contributed by atoms with E-state index in [1.165, 1.54) is 0 Å². The first kappa shape index (κ1) is 32.3. The van der Waals surface area contributed by atoms with Gasteiger partial charge in [0.05, 0.1) is 6.04 Å². The molecule has 220 valence electrons. The number of amides is 4. The molecule has 5 unspecified atom stereocenters. The monoisotopic (exact) mass is 558 g/mol. The van der Waals surface area contributed by atoms with Crippen LogP contribution in [0.2, 0.25) is 0 Å². The van der Waals surface area contributed by atoms with Crippen LogP contribution in [-0.4, -0.2) is 63.9 Å². The van der Waals surface area contributed by atoms with Crippen molar-refractivity contribution in [3.05, 3.63) is 36.0 Å². The van der Waals surface area contributed by atoms with E-state index in [1.54, 1.807) is 13.1 Å². The van der Waals surface area contributed by atoms with Gasteiger partial charge in [0.1, 0.15) is 18.1 Å². The number of carbonyl (C=O) groups excluding carboxylic acids is 4. The standard InChI is InChI=1S/C28H42N6O6/c1-5-16(4)24(34-26(37)21(12-15(2)3)32-25(36)19(29)10-11-23(30)35)27(38)33-22(28(39)40)13-17-14-31-20-9-7-6-8-18(17)20/h6-9,14-16,19,21-22,24,31H,5,10-13,29H2,1-4H3,(H2,30,35)(H,32,36)(H,33,38)(H,34,37)(H,39,40). The molecule has 1 heterocycles. The normalized spacial score (nSPS) is 15.1. The summed E-state index contributed by atoms with van der Waals surface area (Å²) in [4.78, 5) is 65.5. The van der Waals surface area contributed by atoms with Crippen LogP contribution in [0, 0.1) is 11.8 Å². The van der Waals surface area contributed by atoms with Gasteiger partial charge < -0.3 is 37.5 Å². The summed E-state index contributed by atoms with van der Waals surface area (Å²) in [5, 5.41) is 18.7. The van der Waals surface area contributed by atoms with E-state index in [9.17, 15) is 29.1 Å². The van der Waals surface area contributed by atoms with Crippen molar-refractivity contribution in [2.24, 2.45) is 23.3 Å². The zero-order valence-electron chi connectivity index (χ0n) is 23.5. The van der Waals surface area contributed by atoms with Crippen molar-refractivity contribution in [3.8, 4) is 0 Å². The van der Waals surface area contributed by atoms with Crippen LogP contribution >= 0.6 is 0 Å². The number of H-pyrrole nitrogens is 1. The summed E-state index contributed by atoms with van der Waals surface area (Å²) in [5.41, 5.74) is 12.6. The number of carbonyl (C=O) groups is 5. The molecule has 2 aromatic rings. The fourth-order valence-corrected chi connectivity index (χ4v) is 4.35. The van der Waals surface area contributed by atoms with E-state index in [4.69, 9.17) is 11.5 Å². The Balaban J connectivity index is 2.18. The van der Waals surface area contributed by atoms with E-state index in [0.29, 0.717) is 6.42 Å². The summed E-state index contributed by atoms with van der Waals surface area (Å²) in [6.07, 6.45) is 2.51. The lowest BCUT2D eigenvalue weighted by Crippen LogP contribution is -2.59. The molecule has 0 radical (unpaired) electrons. The molecule has 0 fully saturated rings. The molecule has 2 rings (SSSR count). The van der Waals surface area contributed by atoms with Crippen molar-refractivity contribution in [1.29, 1.82) is 0 Å². The summed E-state index contributed by atoms with van der Waals surface area (Å²) in [6, 6.07) is 3.15. The molecule has 0 aliphatic rings. The molecule has 0 aliphatic heterocycles. The molecule has 0 saturated carbocycles. The average molecular weight is 559 g/mol. The van der Waals surface area contributed by atoms with Gasteiger partial charge in [0.2, 0.25) is 23.6 Å². The third-order valence-corrected chi connectivity index (χ3v) is 6.89. The van der Waals surface area contributed by atoms with E-state index < -0.39 is 53.8 Å². The lowest BCUT2D eigenvalue weighted by Gasteiger charge is -2.28. The van der Waals surface area contributed by atoms with Gasteiger partial charge in [-0.15, -0.1) is 0 Å². The van der Waals surface area contributed by atoms with E-state index in [0.717, 1.165) is 16.5 Å². The molecule has 4 amide bonds. The van der Waals surface area contributed by atoms with Gasteiger partial charge >= 0.3 is 5.97 Å². The van der Waals surface area contributed by atoms with Gasteiger partial charge in [-0.25, -0.2) is 4.79 Å². The molecule has 5 atom stereocenters. The number of aliphatic carboxylic acids is 1. The molecular weight excluding hydrogens is 516 g/mol. The Bertz CT molecular complexity index is 1190. The number of hydrogen-bond donors (Lipinski definition) is 7. The van der Waals surface area contributed by atoms with Gasteiger partial charge in [0.15, 0.2) is 0 Å². The van der Waals surface area contributed by atoms with Crippen molar-refractivity contribution >= 4 is 40.5 Å². The predicted octanol–water partition coefficient (Wildman–Crippen LogP) is 0.934. The molecule has 9 N–H and O–H groups in total. The third kappa shape index (κ3) is 9.37. The van der Waals surface area contributed by atoms with Crippen LogP contribution in [0.4, 0.5) is 0 Å². The Morgan fingerprint density at radius 1 is 0.950 bits per heavy atom. The van der Waals surface area contributed by atoms with Crippen molar-refractivity contribution in [1.82, 2.24) is 20.9 Å². The van der Waals surface area contributed by atoms with Crippen molar-refractivity contribution in [2.45, 2.75) is 84.0 Å². The Morgan fingerprint density at radius 2 is 1.60 bits per heavy atom. The number of nitrogens with one attached hydrogen (secondary N) is 4. The van der Waals surface area contributed by atoms with Crippen LogP contribution in [0.1, 0.15) is 58.9 Å². The fraction of sp³-hybridized carbons (Fsp3) is 0.536. The molecule has 0 aliphatic carbocycles. The van der Waals surface area contributed by atoms with Crippen LogP contribution in [0.25, 0.3) is 10.9 Å². The van der Waals surface area contributed by atoms with Gasteiger partial charge in [0, 0.05) is 29.9 Å². The molecule has 1 aromatic carbocycles. The lowest BCUT2D eigenvalue weighted by atomic mass is 9.96. The quantitative estimate of drug-likeness (QED) is 0.158. The molecule has 1 aromatic heterocycles. The van der Waals surface area contributed by atoms with Crippen LogP contribution in [0.3, 0.4) is 0 Å². The van der Waals surface area contributed by atoms with Crippen molar-refractivity contribution in [3.63, 3.8) is 0 Å². The first-order valence-electron chi connectivity index (χ1n) is 13.6. The van der Waals surface area contributed by atoms with E-state index in [2.05, 4.69) is 20.9 Å². The maximum Gasteiger partial charge on any atom is 0.326 e. The lowest BCUT2D eigenvalue weighted by molar-refractivity contribution is -0.142. The first-order valence-corrected chi connectivity index (χ1v) is 13.6. The maximum absolute atomic E-state index is 13.4. The maximum atomic E-state index is 13.4. The van der Waals surface area contributed by atoms with Crippen LogP contribution in [-0.2, 0) is 30.4 Å². The summed E-state index contributed by atoms with van der Waals surface area (Å²) in [7, 11) is 0. The highest BCUT2D eigenvalue weighted by Gasteiger charge is 2.33. The second-order valence-corrected chi connectivity index (χ2v) is 10.6. The Labute approximate surface area is 234 Å². The topological polar surface area (TPSA) is 209 Å². The zero-order chi connectivity index (χ0) is 30.0. The van der Waals surface area contributed by atoms with Crippen molar-refractivity contribution < 1.29 is 29.1 Å². The first-order chi connectivity index (χ1) is 18.8. The number of aromatic nitrogens is 1. The number of benzene rings is 1. The third-order valence-electron chi connectivity index (χ3n) is 6.89. The van der Waals surface area contributed by atoms with Crippen LogP contribution in [0.15, 0.2) is 30.5 Å². The number of fused-ring (bicyclic) bond motifs is 1. The predicted molar refractivity (Wildman–Crippen MR) is 151 cm³/mol. The smallest absolute Gasteiger partial charge is 0.326 e. The van der Waals surface area contributed by atoms with Crippen molar-refractivity contribution in [2.75, 3.05) is 0 Å². The molecular formula is C28H42N6O6. The van der Waals surface area contributed by atoms with Gasteiger partial charge in [-0.1, -0.05) is 52.3 Å². The Kier molecular flexibility index (Phi) is 12.1. The van der Waals surface area contributed by atoms with E-state index in [-0.39, 0.29) is 37.5 Å². The van der Waals surface area contributed by atoms with Gasteiger partial charge in [0.25, 0.3) is 0 Å². The van der Waals surface area contributed by atoms with E-state index >= 15 is 0 Å². The molecule has 12 heteroatoms. The summed E-state index contributed by atoms with van der Waals surface area (Å²) in [5.74, 6) is -3.96. The SMILES string of the molecule is CCC(C)C(NC(=O)C(CC(C)C)NC(=O)C(N)CCC(N)=O)C(=O)NC(Cc1c[nH]c2ccccc12)C(=O)O. The average Bonchev–Trinajstić information content (AvgIpc) is 3.31. The Morgan fingerprint density at radius 3 is 2.20 bits per heavy atom. The molecule has 0 spiro atoms. The number of carboxylic acids is 1. The highest BCUT2D eigenvalue weighted by atomic mass is 16.4. The summed E-state index contributed by atoms with van der Waals surface area (Å²) >= 11 is 0. The summed E-state index contributed by atoms with van der Waals surface area (Å²) in [6.45, 7) is 7.37. The molecule has 0 saturated heterocycles. The number of para-hydroxylation sites is 1. The largest absolute Gasteiger partial charge is 0.480 e. The Hall–Kier alpha value is -3.93. The number of aromatic amines is 1. The minimum atomic E-state index is -1.23. The second-order valence-electron chi connectivity index (χ2n) is 10.6. The molecule has 0 bridgehead atoms. The van der Waals surface area contributed by atoms with Crippen LogP contribution in [0.5, 0.6) is 0 Å². The zero-order valence-corrected chi connectivity index (χ0v) is 23.5. The number of carboxylic acid groups (broad SMARTS) is 1. The minimum absolute atomic E-state index is 0.0151. The van der Waals surface area contributed by atoms with Gasteiger partial charge in [-0.05, 0) is 36.3 Å². The van der Waals surface area contributed by atoms with Crippen LogP contribution < -0.4 is 27.4 Å².